The minimum atomic E-state index is -0.487. The maximum Gasteiger partial charge on any atom is 0.282 e. The van der Waals surface area contributed by atoms with E-state index in [9.17, 15) is 14.0 Å². The van der Waals surface area contributed by atoms with Crippen molar-refractivity contribution in [3.05, 3.63) is 115 Å². The molecule has 0 fully saturated rings. The monoisotopic (exact) mass is 690 g/mol. The van der Waals surface area contributed by atoms with Gasteiger partial charge in [0.2, 0.25) is 0 Å². The molecule has 11 heteroatoms. The number of hydrogen-bond acceptors (Lipinski definition) is 6. The second-order valence-corrected chi connectivity index (χ2v) is 11.8. The summed E-state index contributed by atoms with van der Waals surface area (Å²) in [4.78, 5) is 31.0. The Kier molecular flexibility index (Phi) is 9.65. The Morgan fingerprint density at radius 3 is 2.62 bits per heavy atom. The van der Waals surface area contributed by atoms with Gasteiger partial charge in [-0.05, 0) is 100 Å². The lowest BCUT2D eigenvalue weighted by Crippen LogP contribution is -2.21. The number of rotatable bonds is 9. The number of aryl methyl sites for hydroxylation is 1. The van der Waals surface area contributed by atoms with Crippen LogP contribution in [0.15, 0.2) is 87.2 Å². The van der Waals surface area contributed by atoms with Crippen molar-refractivity contribution in [3.8, 4) is 22.9 Å². The summed E-state index contributed by atoms with van der Waals surface area (Å²) in [5.74, 6) is 0.591. The first-order chi connectivity index (χ1) is 21.5. The summed E-state index contributed by atoms with van der Waals surface area (Å²) in [6, 6.07) is 19.9. The van der Waals surface area contributed by atoms with Crippen LogP contribution in [-0.2, 0) is 4.79 Å². The molecule has 0 spiro atoms. The molecule has 230 valence electrons. The van der Waals surface area contributed by atoms with Crippen LogP contribution in [0.2, 0.25) is 5.02 Å². The summed E-state index contributed by atoms with van der Waals surface area (Å²) in [5.41, 5.74) is 3.69. The molecule has 0 aliphatic rings. The smallest absolute Gasteiger partial charge is 0.282 e. The number of benzene rings is 4. The molecule has 1 N–H and O–H groups in total. The predicted octanol–water partition coefficient (Wildman–Crippen LogP) is 7.96. The van der Waals surface area contributed by atoms with Crippen LogP contribution in [0.4, 0.5) is 10.1 Å². The summed E-state index contributed by atoms with van der Waals surface area (Å²) in [6.45, 7) is 5.72. The van der Waals surface area contributed by atoms with E-state index < -0.39 is 11.7 Å². The molecule has 0 unspecified atom stereocenters. The van der Waals surface area contributed by atoms with E-state index in [1.807, 2.05) is 25.1 Å². The van der Waals surface area contributed by atoms with Gasteiger partial charge < -0.3 is 14.8 Å². The molecule has 1 amide bonds. The SMILES string of the molecule is COc1cc(C)c(-c2nc3ccccc3c(=O)n2N=Cc2cc(Cl)c(OCC(=O)Nc3cccc(F)c3)c(Br)c2)cc1C(C)C. The molecular formula is C34H29BrClFN4O4. The lowest BCUT2D eigenvalue weighted by molar-refractivity contribution is -0.118. The van der Waals surface area contributed by atoms with Crippen LogP contribution in [0.25, 0.3) is 22.3 Å². The second kappa shape index (κ2) is 13.6. The zero-order chi connectivity index (χ0) is 32.2. The number of ether oxygens (including phenoxy) is 2. The van der Waals surface area contributed by atoms with Crippen molar-refractivity contribution in [2.24, 2.45) is 5.10 Å². The number of nitrogens with zero attached hydrogens (tertiary/aromatic N) is 3. The normalized spacial score (nSPS) is 11.4. The zero-order valence-electron chi connectivity index (χ0n) is 24.9. The van der Waals surface area contributed by atoms with E-state index in [4.69, 9.17) is 26.1 Å². The third kappa shape index (κ3) is 7.08. The van der Waals surface area contributed by atoms with Crippen LogP contribution in [0.3, 0.4) is 0 Å². The van der Waals surface area contributed by atoms with Gasteiger partial charge in [0, 0.05) is 11.3 Å². The van der Waals surface area contributed by atoms with Gasteiger partial charge in [0.15, 0.2) is 18.2 Å². The lowest BCUT2D eigenvalue weighted by atomic mass is 9.96. The van der Waals surface area contributed by atoms with Gasteiger partial charge in [0.05, 0.1) is 33.7 Å². The first kappa shape index (κ1) is 31.9. The first-order valence-corrected chi connectivity index (χ1v) is 15.1. The van der Waals surface area contributed by atoms with Crippen LogP contribution in [0.1, 0.15) is 36.5 Å². The highest BCUT2D eigenvalue weighted by Crippen LogP contribution is 2.35. The Labute approximate surface area is 272 Å². The van der Waals surface area contributed by atoms with Gasteiger partial charge in [0.25, 0.3) is 11.5 Å². The summed E-state index contributed by atoms with van der Waals surface area (Å²) in [7, 11) is 1.64. The third-order valence-corrected chi connectivity index (χ3v) is 7.86. The van der Waals surface area contributed by atoms with Crippen molar-refractivity contribution in [1.82, 2.24) is 9.66 Å². The van der Waals surface area contributed by atoms with Crippen LogP contribution >= 0.6 is 27.5 Å². The van der Waals surface area contributed by atoms with Gasteiger partial charge in [-0.2, -0.15) is 9.78 Å². The number of amides is 1. The number of aromatic nitrogens is 2. The van der Waals surface area contributed by atoms with E-state index in [0.717, 1.165) is 22.4 Å². The van der Waals surface area contributed by atoms with Crippen LogP contribution in [0, 0.1) is 12.7 Å². The minimum Gasteiger partial charge on any atom is -0.496 e. The highest BCUT2D eigenvalue weighted by Gasteiger charge is 2.19. The van der Waals surface area contributed by atoms with Gasteiger partial charge in [0.1, 0.15) is 11.6 Å². The Balaban J connectivity index is 1.48. The highest BCUT2D eigenvalue weighted by molar-refractivity contribution is 9.10. The number of nitrogens with one attached hydrogen (secondary N) is 1. The zero-order valence-corrected chi connectivity index (χ0v) is 27.2. The Bertz CT molecular complexity index is 1990. The van der Waals surface area contributed by atoms with E-state index in [1.54, 1.807) is 43.5 Å². The number of fused-ring (bicyclic) bond motifs is 1. The van der Waals surface area contributed by atoms with Crippen molar-refractivity contribution in [2.45, 2.75) is 26.7 Å². The fourth-order valence-corrected chi connectivity index (χ4v) is 5.78. The van der Waals surface area contributed by atoms with E-state index in [0.29, 0.717) is 32.5 Å². The Hall–Kier alpha value is -4.54. The van der Waals surface area contributed by atoms with Gasteiger partial charge in [-0.1, -0.05) is 43.6 Å². The topological polar surface area (TPSA) is 94.8 Å². The van der Waals surface area contributed by atoms with Crippen molar-refractivity contribution in [2.75, 3.05) is 19.0 Å². The number of hydrogen-bond donors (Lipinski definition) is 1. The van der Waals surface area contributed by atoms with Crippen LogP contribution < -0.4 is 20.3 Å². The number of anilines is 1. The molecule has 5 rings (SSSR count). The second-order valence-electron chi connectivity index (χ2n) is 10.5. The maximum absolute atomic E-state index is 13.8. The summed E-state index contributed by atoms with van der Waals surface area (Å²) in [5, 5.41) is 7.77. The van der Waals surface area contributed by atoms with Gasteiger partial charge in [-0.25, -0.2) is 9.37 Å². The van der Waals surface area contributed by atoms with E-state index in [1.165, 1.54) is 29.1 Å². The molecule has 8 nitrogen and oxygen atoms in total. The highest BCUT2D eigenvalue weighted by atomic mass is 79.9. The summed E-state index contributed by atoms with van der Waals surface area (Å²) >= 11 is 9.97. The largest absolute Gasteiger partial charge is 0.496 e. The van der Waals surface area contributed by atoms with E-state index >= 15 is 0 Å². The number of carbonyl (C=O) groups excluding carboxylic acids is 1. The molecular weight excluding hydrogens is 663 g/mol. The molecule has 5 aromatic rings. The molecule has 45 heavy (non-hydrogen) atoms. The van der Waals surface area contributed by atoms with E-state index in [-0.39, 0.29) is 28.9 Å². The van der Waals surface area contributed by atoms with Crippen molar-refractivity contribution < 1.29 is 18.7 Å². The minimum absolute atomic E-state index is 0.163. The number of halogens is 3. The summed E-state index contributed by atoms with van der Waals surface area (Å²) in [6.07, 6.45) is 1.50. The average molecular weight is 692 g/mol. The van der Waals surface area contributed by atoms with Gasteiger partial charge in [-0.15, -0.1) is 0 Å². The van der Waals surface area contributed by atoms with Crippen molar-refractivity contribution >= 4 is 56.2 Å². The van der Waals surface area contributed by atoms with Gasteiger partial charge in [-0.3, -0.25) is 9.59 Å². The molecule has 0 aliphatic carbocycles. The quantitative estimate of drug-likeness (QED) is 0.158. The predicted molar refractivity (Wildman–Crippen MR) is 179 cm³/mol. The first-order valence-electron chi connectivity index (χ1n) is 14.0. The molecule has 0 saturated carbocycles. The molecule has 4 aromatic carbocycles. The summed E-state index contributed by atoms with van der Waals surface area (Å²) < 4.78 is 26.4. The Morgan fingerprint density at radius 1 is 1.13 bits per heavy atom. The van der Waals surface area contributed by atoms with Crippen molar-refractivity contribution in [1.29, 1.82) is 0 Å². The maximum atomic E-state index is 13.8. The van der Waals surface area contributed by atoms with Gasteiger partial charge >= 0.3 is 0 Å². The van der Waals surface area contributed by atoms with Crippen molar-refractivity contribution in [3.63, 3.8) is 0 Å². The molecule has 0 bridgehead atoms. The number of para-hydroxylation sites is 1. The molecule has 0 atom stereocenters. The number of carbonyl (C=O) groups is 1. The van der Waals surface area contributed by atoms with Crippen LogP contribution in [0.5, 0.6) is 11.5 Å². The fourth-order valence-electron chi connectivity index (χ4n) is 4.79. The lowest BCUT2D eigenvalue weighted by Gasteiger charge is -2.17. The molecule has 0 saturated heterocycles. The molecule has 1 aromatic heterocycles. The van der Waals surface area contributed by atoms with Crippen LogP contribution in [-0.4, -0.2) is 35.5 Å². The Morgan fingerprint density at radius 2 is 1.91 bits per heavy atom. The number of methoxy groups -OCH3 is 1. The standard InChI is InChI=1S/C34H29BrClFN4O4/c1-19(2)25-16-26(20(3)12-30(25)44-4)33-40-29-11-6-5-10-24(29)34(43)41(33)38-17-21-13-27(35)32(28(36)14-21)45-18-31(42)39-23-9-7-8-22(37)15-23/h5-17,19H,18H2,1-4H3,(H,39,42). The fraction of sp³-hybridized carbons (Fsp3) is 0.176. The average Bonchev–Trinajstić information content (AvgIpc) is 3.00. The molecule has 0 aliphatic heterocycles. The van der Waals surface area contributed by atoms with E-state index in [2.05, 4.69) is 40.2 Å². The molecule has 1 heterocycles. The third-order valence-electron chi connectivity index (χ3n) is 6.99. The molecule has 0 radical (unpaired) electrons.